The van der Waals surface area contributed by atoms with E-state index in [4.69, 9.17) is 9.47 Å². The van der Waals surface area contributed by atoms with Crippen LogP contribution in [0.4, 0.5) is 0 Å². The first-order chi connectivity index (χ1) is 15.9. The van der Waals surface area contributed by atoms with Gasteiger partial charge >= 0.3 is 0 Å². The monoisotopic (exact) mass is 467 g/mol. The maximum atomic E-state index is 13.1. The summed E-state index contributed by atoms with van der Waals surface area (Å²) >= 11 is 0. The molecule has 2 heterocycles. The van der Waals surface area contributed by atoms with Crippen molar-refractivity contribution in [3.63, 3.8) is 0 Å². The molecule has 3 aromatic rings. The first-order valence-corrected chi connectivity index (χ1v) is 11.9. The normalized spacial score (nSPS) is 15.2. The molecule has 4 rings (SSSR count). The number of carbonyl (C=O) groups excluding carboxylic acids is 1. The second-order valence-corrected chi connectivity index (χ2v) is 9.44. The molecular weight excluding hydrogens is 442 g/mol. The highest BCUT2D eigenvalue weighted by atomic mass is 32.2. The van der Waals surface area contributed by atoms with Gasteiger partial charge in [-0.15, -0.1) is 0 Å². The molecule has 1 aliphatic heterocycles. The molecule has 0 spiro atoms. The second kappa shape index (κ2) is 9.60. The number of nitrogens with zero attached hydrogens (tertiary/aromatic N) is 3. The Morgan fingerprint density at radius 3 is 2.42 bits per heavy atom. The van der Waals surface area contributed by atoms with Crippen molar-refractivity contribution in [3.05, 3.63) is 66.4 Å². The smallest absolute Gasteiger partial charge is 0.246 e. The van der Waals surface area contributed by atoms with E-state index < -0.39 is 10.0 Å². The molecule has 8 nitrogen and oxygen atoms in total. The van der Waals surface area contributed by atoms with Crippen molar-refractivity contribution in [1.29, 1.82) is 0 Å². The van der Waals surface area contributed by atoms with Crippen molar-refractivity contribution < 1.29 is 22.7 Å². The number of fused-ring (bicyclic) bond motifs is 1. The van der Waals surface area contributed by atoms with Gasteiger partial charge < -0.3 is 14.4 Å². The van der Waals surface area contributed by atoms with Crippen molar-refractivity contribution in [2.45, 2.75) is 4.90 Å². The van der Waals surface area contributed by atoms with Crippen molar-refractivity contribution in [2.24, 2.45) is 0 Å². The average molecular weight is 468 g/mol. The lowest BCUT2D eigenvalue weighted by molar-refractivity contribution is -0.127. The van der Waals surface area contributed by atoms with Crippen LogP contribution in [0.5, 0.6) is 11.5 Å². The third-order valence-electron chi connectivity index (χ3n) is 5.61. The third kappa shape index (κ3) is 4.69. The zero-order valence-electron chi connectivity index (χ0n) is 18.5. The number of benzene rings is 2. The largest absolute Gasteiger partial charge is 0.493 e. The van der Waals surface area contributed by atoms with Gasteiger partial charge in [-0.3, -0.25) is 9.78 Å². The lowest BCUT2D eigenvalue weighted by Gasteiger charge is -2.33. The van der Waals surface area contributed by atoms with Crippen LogP contribution in [-0.2, 0) is 14.8 Å². The van der Waals surface area contributed by atoms with Gasteiger partial charge in [0.25, 0.3) is 0 Å². The molecule has 0 unspecified atom stereocenters. The van der Waals surface area contributed by atoms with Gasteiger partial charge in [-0.25, -0.2) is 8.42 Å². The Bertz CT molecular complexity index is 1290. The molecule has 9 heteroatoms. The minimum atomic E-state index is -3.71. The third-order valence-corrected chi connectivity index (χ3v) is 7.51. The van der Waals surface area contributed by atoms with Gasteiger partial charge in [-0.2, -0.15) is 4.31 Å². The molecule has 2 aromatic carbocycles. The summed E-state index contributed by atoms with van der Waals surface area (Å²) in [6.45, 7) is 1.05. The molecule has 0 bridgehead atoms. The molecule has 0 N–H and O–H groups in total. The molecule has 1 aliphatic rings. The molecule has 0 atom stereocenters. The van der Waals surface area contributed by atoms with Crippen molar-refractivity contribution in [2.75, 3.05) is 40.4 Å². The van der Waals surface area contributed by atoms with Gasteiger partial charge in [0, 0.05) is 55.5 Å². The number of amides is 1. The minimum Gasteiger partial charge on any atom is -0.493 e. The maximum absolute atomic E-state index is 13.1. The van der Waals surface area contributed by atoms with E-state index in [0.717, 1.165) is 16.5 Å². The molecule has 0 radical (unpaired) electrons. The summed E-state index contributed by atoms with van der Waals surface area (Å²) in [5.74, 6) is 0.645. The summed E-state index contributed by atoms with van der Waals surface area (Å²) in [5, 5.41) is 1.00. The van der Waals surface area contributed by atoms with Crippen molar-refractivity contribution >= 4 is 32.9 Å². The van der Waals surface area contributed by atoms with E-state index in [-0.39, 0.29) is 23.9 Å². The molecule has 0 aliphatic carbocycles. The number of pyridine rings is 1. The number of para-hydroxylation sites is 1. The van der Waals surface area contributed by atoms with Crippen LogP contribution in [-0.4, -0.2) is 68.9 Å². The van der Waals surface area contributed by atoms with Crippen LogP contribution < -0.4 is 9.47 Å². The maximum Gasteiger partial charge on any atom is 0.246 e. The molecule has 1 fully saturated rings. The van der Waals surface area contributed by atoms with E-state index in [2.05, 4.69) is 4.98 Å². The van der Waals surface area contributed by atoms with Crippen LogP contribution >= 0.6 is 0 Å². The van der Waals surface area contributed by atoms with E-state index in [1.54, 1.807) is 23.2 Å². The SMILES string of the molecule is COc1ccc(S(=O)(=O)N2CCN(C(=O)C=Cc3cccc4cccnc34)CC2)cc1OC. The average Bonchev–Trinajstić information content (AvgIpc) is 2.86. The van der Waals surface area contributed by atoms with Crippen LogP contribution in [0.25, 0.3) is 17.0 Å². The molecule has 1 amide bonds. The first-order valence-electron chi connectivity index (χ1n) is 10.5. The highest BCUT2D eigenvalue weighted by Crippen LogP contribution is 2.31. The minimum absolute atomic E-state index is 0.128. The van der Waals surface area contributed by atoms with Crippen LogP contribution in [0.1, 0.15) is 5.56 Å². The van der Waals surface area contributed by atoms with Crippen molar-refractivity contribution in [1.82, 2.24) is 14.2 Å². The van der Waals surface area contributed by atoms with Crippen molar-refractivity contribution in [3.8, 4) is 11.5 Å². The number of hydrogen-bond donors (Lipinski definition) is 0. The number of aromatic nitrogens is 1. The van der Waals surface area contributed by atoms with Gasteiger partial charge in [-0.05, 0) is 24.3 Å². The Labute approximate surface area is 193 Å². The summed E-state index contributed by atoms with van der Waals surface area (Å²) in [7, 11) is -0.762. The molecule has 1 aromatic heterocycles. The van der Waals surface area contributed by atoms with E-state index in [0.29, 0.717) is 24.6 Å². The summed E-state index contributed by atoms with van der Waals surface area (Å²) < 4.78 is 37.9. The fraction of sp³-hybridized carbons (Fsp3) is 0.250. The topological polar surface area (TPSA) is 89.0 Å². The predicted octanol–water partition coefficient (Wildman–Crippen LogP) is 2.80. The standard InChI is InChI=1S/C24H25N3O5S/c1-31-21-10-9-20(17-22(21)32-2)33(29,30)27-15-13-26(14-16-27)23(28)11-8-19-6-3-5-18-7-4-12-25-24(18)19/h3-12,17H,13-16H2,1-2H3. The molecule has 33 heavy (non-hydrogen) atoms. The zero-order chi connectivity index (χ0) is 23.4. The Morgan fingerprint density at radius 2 is 1.70 bits per heavy atom. The zero-order valence-corrected chi connectivity index (χ0v) is 19.3. The Morgan fingerprint density at radius 1 is 0.970 bits per heavy atom. The number of methoxy groups -OCH3 is 2. The van der Waals surface area contributed by atoms with Gasteiger partial charge in [-0.1, -0.05) is 24.3 Å². The number of ether oxygens (including phenoxy) is 2. The lowest BCUT2D eigenvalue weighted by Crippen LogP contribution is -2.50. The van der Waals surface area contributed by atoms with E-state index in [1.807, 2.05) is 30.3 Å². The van der Waals surface area contributed by atoms with Crippen LogP contribution in [0, 0.1) is 0 Å². The highest BCUT2D eigenvalue weighted by Gasteiger charge is 2.30. The summed E-state index contributed by atoms with van der Waals surface area (Å²) in [4.78, 5) is 18.9. The van der Waals surface area contributed by atoms with Crippen LogP contribution in [0.2, 0.25) is 0 Å². The van der Waals surface area contributed by atoms with E-state index in [9.17, 15) is 13.2 Å². The fourth-order valence-electron chi connectivity index (χ4n) is 3.80. The molecule has 172 valence electrons. The molecular formula is C24H25N3O5S. The number of piperazine rings is 1. The summed E-state index contributed by atoms with van der Waals surface area (Å²) in [6, 6.07) is 14.2. The fourth-order valence-corrected chi connectivity index (χ4v) is 5.24. The van der Waals surface area contributed by atoms with Crippen LogP contribution in [0.15, 0.2) is 65.7 Å². The number of hydrogen-bond acceptors (Lipinski definition) is 6. The van der Waals surface area contributed by atoms with Gasteiger partial charge in [0.15, 0.2) is 11.5 Å². The lowest BCUT2D eigenvalue weighted by atomic mass is 10.1. The number of rotatable bonds is 6. The molecule has 0 saturated carbocycles. The summed E-state index contributed by atoms with van der Waals surface area (Å²) in [5.41, 5.74) is 1.69. The van der Waals surface area contributed by atoms with Gasteiger partial charge in [0.1, 0.15) is 0 Å². The van der Waals surface area contributed by atoms with Crippen LogP contribution in [0.3, 0.4) is 0 Å². The van der Waals surface area contributed by atoms with Gasteiger partial charge in [0.05, 0.1) is 24.6 Å². The Balaban J connectivity index is 1.43. The molecule has 1 saturated heterocycles. The summed E-state index contributed by atoms with van der Waals surface area (Å²) in [6.07, 6.45) is 4.99. The Hall–Kier alpha value is -3.43. The quantitative estimate of drug-likeness (QED) is 0.518. The van der Waals surface area contributed by atoms with E-state index >= 15 is 0 Å². The van der Waals surface area contributed by atoms with Gasteiger partial charge in [0.2, 0.25) is 15.9 Å². The number of carbonyl (C=O) groups is 1. The predicted molar refractivity (Wildman–Crippen MR) is 126 cm³/mol. The highest BCUT2D eigenvalue weighted by molar-refractivity contribution is 7.89. The first kappa shape index (κ1) is 22.8. The second-order valence-electron chi connectivity index (χ2n) is 7.50. The number of sulfonamides is 1. The van der Waals surface area contributed by atoms with E-state index in [1.165, 1.54) is 36.7 Å². The Kier molecular flexibility index (Phi) is 6.62.